The van der Waals surface area contributed by atoms with E-state index in [0.717, 1.165) is 0 Å². The maximum atomic E-state index is 12.7. The molecule has 3 heterocycles. The third kappa shape index (κ3) is 4.37. The fraction of sp³-hybridized carbons (Fsp3) is 0.400. The maximum Gasteiger partial charge on any atom is 0.404 e. The van der Waals surface area contributed by atoms with Gasteiger partial charge in [0.15, 0.2) is 11.8 Å². The Hall–Kier alpha value is -2.97. The number of esters is 1. The molecule has 1 aromatic rings. The van der Waals surface area contributed by atoms with Crippen molar-refractivity contribution in [3.63, 3.8) is 0 Å². The van der Waals surface area contributed by atoms with Crippen LogP contribution in [0.15, 0.2) is 47.7 Å². The molecule has 2 saturated heterocycles. The van der Waals surface area contributed by atoms with Crippen LogP contribution in [0, 0.1) is 0 Å². The maximum absolute atomic E-state index is 12.7. The lowest BCUT2D eigenvalue weighted by Gasteiger charge is -2.49. The van der Waals surface area contributed by atoms with Gasteiger partial charge in [-0.05, 0) is 12.1 Å². The standard InChI is InChI=1S/C20H21Cl3N6O7/c1-9-25-13-11(8-35-16(24)32)26-17(27-15(31)20(21,22)23)29-7-12(19(33,34)18(13,29)28-9)36-14(30)10-5-3-2-4-6-10/h2-6,11-13,25,28,33-34H,1,7-8H2,(H2,24,32)(H,26,27,31)/t11-,12-,13-,18-/m0/s1. The van der Waals surface area contributed by atoms with Crippen LogP contribution in [0.25, 0.3) is 0 Å². The summed E-state index contributed by atoms with van der Waals surface area (Å²) in [5.74, 6) is -4.89. The highest BCUT2D eigenvalue weighted by Crippen LogP contribution is 2.46. The lowest BCUT2D eigenvalue weighted by atomic mass is 9.86. The van der Waals surface area contributed by atoms with Crippen LogP contribution in [0.5, 0.6) is 0 Å². The second kappa shape index (κ2) is 9.16. The summed E-state index contributed by atoms with van der Waals surface area (Å²) >= 11 is 17.1. The minimum absolute atomic E-state index is 0.140. The smallest absolute Gasteiger partial charge is 0.404 e. The Morgan fingerprint density at radius 3 is 2.56 bits per heavy atom. The van der Waals surface area contributed by atoms with Crippen molar-refractivity contribution in [2.45, 2.75) is 33.4 Å². The minimum Gasteiger partial charge on any atom is -0.451 e. The molecule has 2 amide bonds. The van der Waals surface area contributed by atoms with Gasteiger partial charge < -0.3 is 41.0 Å². The van der Waals surface area contributed by atoms with Crippen molar-refractivity contribution in [1.29, 1.82) is 0 Å². The highest BCUT2D eigenvalue weighted by molar-refractivity contribution is 6.76. The largest absolute Gasteiger partial charge is 0.451 e. The number of aliphatic hydroxyl groups is 2. The van der Waals surface area contributed by atoms with Gasteiger partial charge in [0.05, 0.1) is 17.9 Å². The summed E-state index contributed by atoms with van der Waals surface area (Å²) in [5, 5.41) is 31.0. The third-order valence-electron chi connectivity index (χ3n) is 5.97. The van der Waals surface area contributed by atoms with Gasteiger partial charge in [0.2, 0.25) is 11.7 Å². The molecule has 194 valence electrons. The van der Waals surface area contributed by atoms with Crippen molar-refractivity contribution in [1.82, 2.24) is 20.9 Å². The molecule has 13 nitrogen and oxygen atoms in total. The van der Waals surface area contributed by atoms with Gasteiger partial charge in [-0.2, -0.15) is 0 Å². The molecule has 0 unspecified atom stereocenters. The van der Waals surface area contributed by atoms with E-state index < -0.39 is 58.0 Å². The lowest BCUT2D eigenvalue weighted by Crippen LogP contribution is -2.77. The van der Waals surface area contributed by atoms with Gasteiger partial charge in [-0.15, -0.1) is 0 Å². The zero-order chi connectivity index (χ0) is 26.5. The predicted octanol–water partition coefficient (Wildman–Crippen LogP) is -0.743. The summed E-state index contributed by atoms with van der Waals surface area (Å²) in [6.07, 6.45) is -2.68. The fourth-order valence-electron chi connectivity index (χ4n) is 4.47. The topological polar surface area (TPSA) is 188 Å². The van der Waals surface area contributed by atoms with E-state index in [-0.39, 0.29) is 23.9 Å². The number of benzene rings is 1. The highest BCUT2D eigenvalue weighted by Gasteiger charge is 2.75. The van der Waals surface area contributed by atoms with Crippen LogP contribution in [0.2, 0.25) is 0 Å². The van der Waals surface area contributed by atoms with Crippen LogP contribution in [-0.2, 0) is 14.3 Å². The van der Waals surface area contributed by atoms with Crippen molar-refractivity contribution in [3.8, 4) is 0 Å². The first-order valence-corrected chi connectivity index (χ1v) is 11.5. The Labute approximate surface area is 219 Å². The molecule has 4 rings (SSSR count). The van der Waals surface area contributed by atoms with E-state index in [0.29, 0.717) is 0 Å². The second-order valence-electron chi connectivity index (χ2n) is 8.19. The first kappa shape index (κ1) is 26.1. The number of halogens is 3. The van der Waals surface area contributed by atoms with Gasteiger partial charge in [-0.25, -0.2) is 14.6 Å². The molecule has 0 radical (unpaired) electrons. The summed E-state index contributed by atoms with van der Waals surface area (Å²) in [6, 6.07) is 5.81. The first-order valence-electron chi connectivity index (χ1n) is 10.4. The average molecular weight is 564 g/mol. The Kier molecular flexibility index (Phi) is 6.64. The van der Waals surface area contributed by atoms with Gasteiger partial charge in [-0.3, -0.25) is 10.1 Å². The molecule has 36 heavy (non-hydrogen) atoms. The van der Waals surface area contributed by atoms with Crippen molar-refractivity contribution >= 4 is 58.7 Å². The number of nitrogens with two attached hydrogens (primary N) is 1. The number of guanidine groups is 1. The van der Waals surface area contributed by atoms with Gasteiger partial charge in [0.25, 0.3) is 9.70 Å². The van der Waals surface area contributed by atoms with Gasteiger partial charge in [-0.1, -0.05) is 59.6 Å². The molecule has 3 aliphatic rings. The molecule has 4 atom stereocenters. The average Bonchev–Trinajstić information content (AvgIpc) is 3.26. The molecule has 0 aromatic heterocycles. The Morgan fingerprint density at radius 1 is 1.28 bits per heavy atom. The number of hydrogen-bond acceptors (Lipinski definition) is 11. The van der Waals surface area contributed by atoms with Gasteiger partial charge >= 0.3 is 12.1 Å². The van der Waals surface area contributed by atoms with E-state index >= 15 is 0 Å². The minimum atomic E-state index is -2.81. The van der Waals surface area contributed by atoms with Crippen LogP contribution < -0.4 is 21.7 Å². The molecular formula is C20H21Cl3N6O7. The molecule has 16 heteroatoms. The Bertz CT molecular complexity index is 1130. The van der Waals surface area contributed by atoms with Crippen LogP contribution in [0.3, 0.4) is 0 Å². The van der Waals surface area contributed by atoms with Crippen molar-refractivity contribution in [2.24, 2.45) is 10.7 Å². The number of primary amides is 1. The van der Waals surface area contributed by atoms with E-state index in [9.17, 15) is 24.6 Å². The fourth-order valence-corrected chi connectivity index (χ4v) is 4.61. The van der Waals surface area contributed by atoms with Gasteiger partial charge in [0, 0.05) is 0 Å². The van der Waals surface area contributed by atoms with Crippen LogP contribution >= 0.6 is 34.8 Å². The SMILES string of the molecule is C=C1N[C@H]2[C@H](COC(N)=O)N=C(NC(=O)C(Cl)(Cl)Cl)N3C[C@H](OC(=O)c4ccccc4)C(O)(O)[C@]23N1. The summed E-state index contributed by atoms with van der Waals surface area (Å²) in [4.78, 5) is 42.1. The number of carbonyl (C=O) groups is 3. The monoisotopic (exact) mass is 562 g/mol. The summed E-state index contributed by atoms with van der Waals surface area (Å²) in [5.41, 5.74) is 3.32. The number of nitrogens with one attached hydrogen (secondary N) is 3. The first-order chi connectivity index (χ1) is 16.8. The molecule has 3 aliphatic heterocycles. The van der Waals surface area contributed by atoms with Crippen molar-refractivity contribution in [2.75, 3.05) is 13.2 Å². The number of carbonyl (C=O) groups excluding carboxylic acids is 3. The normalized spacial score (nSPS) is 28.1. The zero-order valence-corrected chi connectivity index (χ0v) is 20.5. The number of hydrogen-bond donors (Lipinski definition) is 6. The molecule has 0 saturated carbocycles. The molecule has 0 bridgehead atoms. The molecular weight excluding hydrogens is 543 g/mol. The van der Waals surface area contributed by atoms with Gasteiger partial charge in [0.1, 0.15) is 18.7 Å². The number of ether oxygens (including phenoxy) is 2. The van der Waals surface area contributed by atoms with Crippen LogP contribution in [0.4, 0.5) is 4.79 Å². The quantitative estimate of drug-likeness (QED) is 0.155. The summed E-state index contributed by atoms with van der Waals surface area (Å²) in [7, 11) is 0. The molecule has 1 spiro atoms. The summed E-state index contributed by atoms with van der Waals surface area (Å²) in [6.45, 7) is 2.97. The predicted molar refractivity (Wildman–Crippen MR) is 127 cm³/mol. The Balaban J connectivity index is 1.75. The number of aliphatic imine (C=N–C) groups is 1. The number of rotatable bonds is 4. The second-order valence-corrected chi connectivity index (χ2v) is 10.5. The number of alkyl halides is 3. The van der Waals surface area contributed by atoms with E-state index in [2.05, 4.69) is 27.5 Å². The van der Waals surface area contributed by atoms with Crippen molar-refractivity contribution in [3.05, 3.63) is 48.3 Å². The number of amides is 2. The summed E-state index contributed by atoms with van der Waals surface area (Å²) < 4.78 is 7.95. The number of nitrogens with zero attached hydrogens (tertiary/aromatic N) is 2. The van der Waals surface area contributed by atoms with E-state index in [1.807, 2.05) is 0 Å². The van der Waals surface area contributed by atoms with Crippen LogP contribution in [-0.4, -0.2) is 85.6 Å². The highest BCUT2D eigenvalue weighted by atomic mass is 35.6. The molecule has 1 aromatic carbocycles. The van der Waals surface area contributed by atoms with E-state index in [4.69, 9.17) is 50.0 Å². The Morgan fingerprint density at radius 2 is 1.94 bits per heavy atom. The van der Waals surface area contributed by atoms with Crippen LogP contribution in [0.1, 0.15) is 10.4 Å². The molecule has 0 aliphatic carbocycles. The molecule has 7 N–H and O–H groups in total. The lowest BCUT2D eigenvalue weighted by molar-refractivity contribution is -0.257. The third-order valence-corrected chi connectivity index (χ3v) is 6.49. The zero-order valence-electron chi connectivity index (χ0n) is 18.3. The van der Waals surface area contributed by atoms with Crippen molar-refractivity contribution < 1.29 is 34.1 Å². The van der Waals surface area contributed by atoms with E-state index in [1.165, 1.54) is 17.0 Å². The van der Waals surface area contributed by atoms with E-state index in [1.54, 1.807) is 18.2 Å². The molecule has 2 fully saturated rings.